The first-order valence-corrected chi connectivity index (χ1v) is 17.3. The highest BCUT2D eigenvalue weighted by Crippen LogP contribution is 2.35. The van der Waals surface area contributed by atoms with Crippen LogP contribution in [0.4, 0.5) is 32.0 Å². The van der Waals surface area contributed by atoms with E-state index < -0.39 is 102 Å². The fourth-order valence-corrected chi connectivity index (χ4v) is 6.25. The van der Waals surface area contributed by atoms with E-state index in [9.17, 15) is 66.3 Å². The summed E-state index contributed by atoms with van der Waals surface area (Å²) in [5.74, 6) is -4.61. The number of aromatic hydroxyl groups is 1. The van der Waals surface area contributed by atoms with E-state index in [0.29, 0.717) is 18.2 Å². The first kappa shape index (κ1) is 39.2. The van der Waals surface area contributed by atoms with Crippen molar-refractivity contribution in [2.24, 2.45) is 0 Å². The molecule has 13 nitrogen and oxygen atoms in total. The maximum absolute atomic E-state index is 12.7. The minimum Gasteiger partial charge on any atom is -0.506 e. The molecule has 2 aromatic heterocycles. The number of carboxylic acids is 1. The number of hydrogen-bond acceptors (Lipinski definition) is 11. The molecule has 3 N–H and O–H groups in total. The van der Waals surface area contributed by atoms with Gasteiger partial charge in [-0.25, -0.2) is 40.0 Å². The molecular weight excluding hydrogens is 736 g/mol. The molecule has 0 fully saturated rings. The number of carbonyl (C=O) groups is 2. The Morgan fingerprint density at radius 1 is 0.851 bits per heavy atom. The molecule has 0 aliphatic rings. The van der Waals surface area contributed by atoms with E-state index >= 15 is 0 Å². The zero-order chi connectivity index (χ0) is 36.3. The van der Waals surface area contributed by atoms with Crippen LogP contribution in [0.5, 0.6) is 5.75 Å². The van der Waals surface area contributed by atoms with Crippen molar-refractivity contribution in [3.05, 3.63) is 64.7 Å². The van der Waals surface area contributed by atoms with Crippen molar-refractivity contribution in [2.75, 3.05) is 16.8 Å². The Hall–Kier alpha value is -4.02. The highest BCUT2D eigenvalue weighted by atomic mass is 35.5. The van der Waals surface area contributed by atoms with Gasteiger partial charge >= 0.3 is 17.7 Å². The van der Waals surface area contributed by atoms with Crippen molar-refractivity contribution >= 4 is 58.7 Å². The summed E-state index contributed by atoms with van der Waals surface area (Å²) >= 11 is 5.68. The van der Waals surface area contributed by atoms with Crippen LogP contribution in [-0.2, 0) is 35.7 Å². The molecule has 0 bridgehead atoms. The van der Waals surface area contributed by atoms with Crippen LogP contribution in [0, 0.1) is 0 Å². The Balaban J connectivity index is 0.000000366. The van der Waals surface area contributed by atoms with Crippen molar-refractivity contribution in [1.82, 2.24) is 9.97 Å². The number of anilines is 1. The molecule has 0 atom stereocenters. The molecule has 3 rings (SSSR count). The number of phenolic OH excluding ortho intramolecular Hbond substituents is 1. The van der Waals surface area contributed by atoms with Crippen molar-refractivity contribution in [1.29, 1.82) is 0 Å². The van der Waals surface area contributed by atoms with Crippen LogP contribution in [0.2, 0.25) is 5.15 Å². The minimum atomic E-state index is -5.75. The SMILES string of the molecule is CCS(=O)(=O)c1cc(C(F)(F)F)cnc1C(=O)O.CCS(=O)(=O)c1ccc(Cl)nc1C(=O)Nc1cc(S(=O)(=O)C(F)(F)F)ccc1O. The molecule has 0 saturated carbocycles. The molecule has 0 saturated heterocycles. The number of rotatable bonds is 8. The van der Waals surface area contributed by atoms with Gasteiger partial charge in [0.05, 0.1) is 32.5 Å². The van der Waals surface area contributed by atoms with Gasteiger partial charge in [0.25, 0.3) is 15.7 Å². The van der Waals surface area contributed by atoms with Crippen LogP contribution in [0.3, 0.4) is 0 Å². The number of pyridine rings is 2. The fraction of sp³-hybridized carbons (Fsp3) is 0.250. The quantitative estimate of drug-likeness (QED) is 0.166. The summed E-state index contributed by atoms with van der Waals surface area (Å²) in [5, 5.41) is 20.2. The van der Waals surface area contributed by atoms with Gasteiger partial charge in [0, 0.05) is 6.20 Å². The van der Waals surface area contributed by atoms with Crippen molar-refractivity contribution in [3.63, 3.8) is 0 Å². The van der Waals surface area contributed by atoms with Crippen LogP contribution < -0.4 is 5.32 Å². The van der Waals surface area contributed by atoms with E-state index in [4.69, 9.17) is 16.7 Å². The second kappa shape index (κ2) is 14.0. The maximum atomic E-state index is 12.7. The number of hydrogen-bond donors (Lipinski definition) is 3. The lowest BCUT2D eigenvalue weighted by atomic mass is 10.2. The van der Waals surface area contributed by atoms with E-state index in [1.54, 1.807) is 0 Å². The highest BCUT2D eigenvalue weighted by Gasteiger charge is 2.47. The van der Waals surface area contributed by atoms with E-state index in [-0.39, 0.29) is 23.2 Å². The second-order valence-electron chi connectivity index (χ2n) is 8.74. The van der Waals surface area contributed by atoms with Crippen molar-refractivity contribution in [3.8, 4) is 5.75 Å². The highest BCUT2D eigenvalue weighted by molar-refractivity contribution is 7.92. The van der Waals surface area contributed by atoms with Gasteiger partial charge in [-0.3, -0.25) is 4.79 Å². The average Bonchev–Trinajstić information content (AvgIpc) is 2.96. The lowest BCUT2D eigenvalue weighted by Crippen LogP contribution is -2.23. The number of carboxylic acid groups (broad SMARTS) is 1. The molecule has 0 aliphatic carbocycles. The van der Waals surface area contributed by atoms with E-state index in [0.717, 1.165) is 12.1 Å². The number of benzene rings is 1. The lowest BCUT2D eigenvalue weighted by Gasteiger charge is -2.13. The Morgan fingerprint density at radius 2 is 1.40 bits per heavy atom. The summed E-state index contributed by atoms with van der Waals surface area (Å²) in [6.07, 6.45) is -4.50. The van der Waals surface area contributed by atoms with Crippen LogP contribution >= 0.6 is 11.6 Å². The van der Waals surface area contributed by atoms with Gasteiger partial charge in [0.1, 0.15) is 21.5 Å². The third-order valence-corrected chi connectivity index (χ3v) is 10.9. The van der Waals surface area contributed by atoms with Crippen LogP contribution in [-0.4, -0.2) is 74.3 Å². The van der Waals surface area contributed by atoms with Crippen LogP contribution in [0.1, 0.15) is 40.4 Å². The van der Waals surface area contributed by atoms with Gasteiger partial charge in [0.15, 0.2) is 25.4 Å². The summed E-state index contributed by atoms with van der Waals surface area (Å²) in [6.45, 7) is 2.50. The topological polar surface area (TPSA) is 215 Å². The fourth-order valence-electron chi connectivity index (χ4n) is 3.24. The number of nitrogens with one attached hydrogen (secondary N) is 1. The zero-order valence-electron chi connectivity index (χ0n) is 23.4. The third kappa shape index (κ3) is 9.08. The molecule has 23 heteroatoms. The van der Waals surface area contributed by atoms with Gasteiger partial charge < -0.3 is 15.5 Å². The number of carbonyl (C=O) groups excluding carboxylic acids is 1. The molecule has 0 aliphatic heterocycles. The molecular formula is C24H20ClF6N3O10S3. The number of nitrogens with zero attached hydrogens (tertiary/aromatic N) is 2. The molecule has 47 heavy (non-hydrogen) atoms. The number of amides is 1. The molecule has 1 amide bonds. The Morgan fingerprint density at radius 3 is 1.89 bits per heavy atom. The average molecular weight is 756 g/mol. The van der Waals surface area contributed by atoms with Gasteiger partial charge in [-0.05, 0) is 36.4 Å². The minimum absolute atomic E-state index is 0.247. The number of alkyl halides is 6. The Kier molecular flexibility index (Phi) is 11.7. The molecule has 0 radical (unpaired) electrons. The number of phenols is 1. The molecule has 0 unspecified atom stereocenters. The first-order valence-electron chi connectivity index (χ1n) is 12.2. The number of aromatic carboxylic acids is 1. The number of sulfone groups is 3. The summed E-state index contributed by atoms with van der Waals surface area (Å²) in [4.78, 5) is 27.2. The van der Waals surface area contributed by atoms with E-state index in [2.05, 4.69) is 9.97 Å². The Labute approximate surface area is 267 Å². The number of halogens is 7. The van der Waals surface area contributed by atoms with Gasteiger partial charge in [-0.15, -0.1) is 0 Å². The summed E-state index contributed by atoms with van der Waals surface area (Å²) < 4.78 is 146. The van der Waals surface area contributed by atoms with Crippen molar-refractivity contribution < 1.29 is 71.4 Å². The predicted molar refractivity (Wildman–Crippen MR) is 150 cm³/mol. The number of aromatic nitrogens is 2. The second-order valence-corrected chi connectivity index (χ2v) is 15.6. The third-order valence-electron chi connectivity index (χ3n) is 5.68. The molecule has 1 aromatic carbocycles. The standard InChI is InChI=1S/C15H12ClF3N2O6S2.C9H8F3NO4S/c1-2-28(24,25)11-5-6-12(16)21-13(11)14(23)20-9-7-8(3-4-10(9)22)29(26,27)15(17,18)19;1-2-18(16,17)6-3-5(9(10,11)12)4-13-7(6)8(14)15/h3-7,22H,2H2,1H3,(H,20,23);3-4H,2H2,1H3,(H,14,15). The first-order chi connectivity index (χ1) is 21.3. The summed E-state index contributed by atoms with van der Waals surface area (Å²) in [5.41, 5.74) is -9.21. The monoisotopic (exact) mass is 755 g/mol. The predicted octanol–water partition coefficient (Wildman–Crippen LogP) is 4.37. The molecule has 2 heterocycles. The zero-order valence-corrected chi connectivity index (χ0v) is 26.6. The molecule has 0 spiro atoms. The van der Waals surface area contributed by atoms with Gasteiger partial charge in [0.2, 0.25) is 0 Å². The largest absolute Gasteiger partial charge is 0.506 e. The van der Waals surface area contributed by atoms with E-state index in [1.807, 2.05) is 5.32 Å². The maximum Gasteiger partial charge on any atom is 0.501 e. The summed E-state index contributed by atoms with van der Waals surface area (Å²) in [6, 6.07) is 3.94. The van der Waals surface area contributed by atoms with Crippen LogP contribution in [0.15, 0.2) is 57.3 Å². The van der Waals surface area contributed by atoms with Gasteiger partial charge in [-0.1, -0.05) is 25.4 Å². The normalized spacial score (nSPS) is 12.5. The van der Waals surface area contributed by atoms with Gasteiger partial charge in [-0.2, -0.15) is 26.3 Å². The molecule has 258 valence electrons. The van der Waals surface area contributed by atoms with E-state index in [1.165, 1.54) is 13.8 Å². The smallest absolute Gasteiger partial charge is 0.501 e. The Bertz CT molecular complexity index is 2040. The molecule has 3 aromatic rings. The summed E-state index contributed by atoms with van der Waals surface area (Å²) in [7, 11) is -13.8. The lowest BCUT2D eigenvalue weighted by molar-refractivity contribution is -0.138. The van der Waals surface area contributed by atoms with Crippen molar-refractivity contribution in [2.45, 2.75) is 40.2 Å². The van der Waals surface area contributed by atoms with Crippen LogP contribution in [0.25, 0.3) is 0 Å².